The Kier molecular flexibility index (Phi) is 3.76. The number of methoxy groups -OCH3 is 1. The molecule has 6 heteroatoms. The van der Waals surface area contributed by atoms with Crippen LogP contribution in [0.5, 0.6) is 5.75 Å². The number of anilines is 1. The fraction of sp³-hybridized carbons (Fsp3) is 0.188. The van der Waals surface area contributed by atoms with Gasteiger partial charge < -0.3 is 10.1 Å². The van der Waals surface area contributed by atoms with Gasteiger partial charge in [0.05, 0.1) is 7.11 Å². The zero-order chi connectivity index (χ0) is 16.1. The number of amides is 1. The Labute approximate surface area is 143 Å². The second-order valence-corrected chi connectivity index (χ2v) is 6.54. The zero-order valence-corrected chi connectivity index (χ0v) is 14.1. The number of hydrogen-bond donors (Lipinski definition) is 1. The molecule has 0 aromatic heterocycles. The summed E-state index contributed by atoms with van der Waals surface area (Å²) in [5.41, 5.74) is 2.52. The Hall–Kier alpha value is -1.42. The number of fused-ring (bicyclic) bond motifs is 1. The second-order valence-electron chi connectivity index (χ2n) is 5.13. The van der Waals surface area contributed by atoms with Gasteiger partial charge >= 0.3 is 0 Å². The van der Waals surface area contributed by atoms with Gasteiger partial charge in [-0.05, 0) is 31.2 Å². The van der Waals surface area contributed by atoms with E-state index in [0.29, 0.717) is 32.6 Å². The lowest BCUT2D eigenvalue weighted by atomic mass is 9.89. The van der Waals surface area contributed by atoms with E-state index in [0.717, 1.165) is 5.56 Å². The summed E-state index contributed by atoms with van der Waals surface area (Å²) in [5.74, 6) is 0.145. The molecule has 22 heavy (non-hydrogen) atoms. The smallest absolute Gasteiger partial charge is 0.255 e. The number of hydrogen-bond acceptors (Lipinski definition) is 2. The van der Waals surface area contributed by atoms with Crippen LogP contribution in [-0.2, 0) is 9.67 Å². The van der Waals surface area contributed by atoms with Gasteiger partial charge in [0.1, 0.15) is 5.75 Å². The van der Waals surface area contributed by atoms with E-state index >= 15 is 0 Å². The van der Waals surface area contributed by atoms with Crippen molar-refractivity contribution >= 4 is 46.4 Å². The first-order valence-corrected chi connectivity index (χ1v) is 7.66. The van der Waals surface area contributed by atoms with Crippen LogP contribution in [0.2, 0.25) is 10.0 Å². The van der Waals surface area contributed by atoms with Gasteiger partial charge in [0, 0.05) is 26.9 Å². The quantitative estimate of drug-likeness (QED) is 0.789. The first-order valence-electron chi connectivity index (χ1n) is 6.53. The van der Waals surface area contributed by atoms with E-state index in [1.807, 2.05) is 19.1 Å². The van der Waals surface area contributed by atoms with Gasteiger partial charge in [-0.15, -0.1) is 0 Å². The average molecular weight is 357 g/mol. The van der Waals surface area contributed by atoms with Crippen LogP contribution in [0.25, 0.3) is 0 Å². The molecule has 1 N–H and O–H groups in total. The summed E-state index contributed by atoms with van der Waals surface area (Å²) < 4.78 is 5.37. The van der Waals surface area contributed by atoms with Crippen molar-refractivity contribution in [1.29, 1.82) is 0 Å². The molecule has 0 fully saturated rings. The number of carbonyl (C=O) groups is 1. The number of ether oxygens (including phenoxy) is 1. The van der Waals surface area contributed by atoms with E-state index in [9.17, 15) is 4.79 Å². The highest BCUT2D eigenvalue weighted by molar-refractivity contribution is 6.45. The van der Waals surface area contributed by atoms with Crippen molar-refractivity contribution in [1.82, 2.24) is 0 Å². The molecular weight excluding hydrogens is 345 g/mol. The Balaban J connectivity index is 2.32. The summed E-state index contributed by atoms with van der Waals surface area (Å²) in [6.45, 7) is 1.92. The Morgan fingerprint density at radius 2 is 1.91 bits per heavy atom. The van der Waals surface area contributed by atoms with Crippen molar-refractivity contribution in [3.8, 4) is 5.75 Å². The number of alkyl halides is 1. The molecule has 0 aliphatic carbocycles. The second kappa shape index (κ2) is 5.34. The van der Waals surface area contributed by atoms with Gasteiger partial charge in [-0.3, -0.25) is 4.79 Å². The van der Waals surface area contributed by atoms with Gasteiger partial charge in [-0.25, -0.2) is 0 Å². The average Bonchev–Trinajstić information content (AvgIpc) is 2.71. The molecule has 1 amide bonds. The van der Waals surface area contributed by atoms with Crippen LogP contribution in [0.15, 0.2) is 30.3 Å². The molecule has 0 bridgehead atoms. The third-order valence-corrected chi connectivity index (χ3v) is 4.77. The van der Waals surface area contributed by atoms with Crippen molar-refractivity contribution in [3.63, 3.8) is 0 Å². The number of carbonyl (C=O) groups excluding carboxylic acids is 1. The van der Waals surface area contributed by atoms with Gasteiger partial charge in [-0.2, -0.15) is 0 Å². The summed E-state index contributed by atoms with van der Waals surface area (Å²) >= 11 is 19.1. The highest BCUT2D eigenvalue weighted by atomic mass is 35.5. The van der Waals surface area contributed by atoms with Gasteiger partial charge in [0.2, 0.25) is 0 Å². The van der Waals surface area contributed by atoms with Gasteiger partial charge in [-0.1, -0.05) is 46.4 Å². The predicted molar refractivity (Wildman–Crippen MR) is 89.5 cm³/mol. The van der Waals surface area contributed by atoms with Crippen LogP contribution in [-0.4, -0.2) is 13.0 Å². The Morgan fingerprint density at radius 1 is 1.18 bits per heavy atom. The fourth-order valence-corrected chi connectivity index (χ4v) is 3.77. The molecule has 0 radical (unpaired) electrons. The topological polar surface area (TPSA) is 38.3 Å². The molecule has 1 aliphatic rings. The largest absolute Gasteiger partial charge is 0.496 e. The van der Waals surface area contributed by atoms with Crippen molar-refractivity contribution in [3.05, 3.63) is 57.1 Å². The predicted octanol–water partition coefficient (Wildman–Crippen LogP) is 4.74. The highest BCUT2D eigenvalue weighted by Crippen LogP contribution is 2.52. The first-order chi connectivity index (χ1) is 10.4. The third-order valence-electron chi connectivity index (χ3n) is 3.69. The van der Waals surface area contributed by atoms with Crippen molar-refractivity contribution in [2.45, 2.75) is 11.8 Å². The van der Waals surface area contributed by atoms with E-state index in [1.165, 1.54) is 7.11 Å². The summed E-state index contributed by atoms with van der Waals surface area (Å²) in [4.78, 5) is 11.1. The number of nitrogens with one attached hydrogen (secondary N) is 1. The molecule has 1 heterocycles. The number of benzene rings is 2. The molecule has 1 unspecified atom stereocenters. The minimum Gasteiger partial charge on any atom is -0.496 e. The minimum absolute atomic E-state index is 0.333. The molecule has 1 atom stereocenters. The maximum atomic E-state index is 12.6. The van der Waals surface area contributed by atoms with Crippen LogP contribution >= 0.6 is 34.8 Å². The molecule has 0 saturated carbocycles. The minimum atomic E-state index is -1.45. The zero-order valence-electron chi connectivity index (χ0n) is 11.8. The molecule has 2 aromatic carbocycles. The Morgan fingerprint density at radius 3 is 2.59 bits per heavy atom. The molecule has 3 rings (SSSR count). The Bertz CT molecular complexity index is 791. The van der Waals surface area contributed by atoms with Crippen LogP contribution in [0.4, 0.5) is 5.69 Å². The van der Waals surface area contributed by atoms with Crippen molar-refractivity contribution < 1.29 is 9.53 Å². The summed E-state index contributed by atoms with van der Waals surface area (Å²) in [6.07, 6.45) is 0. The third kappa shape index (κ3) is 2.16. The number of rotatable bonds is 2. The number of aryl methyl sites for hydroxylation is 1. The lowest BCUT2D eigenvalue weighted by Crippen LogP contribution is -2.30. The molecular formula is C16H12Cl3NO2. The van der Waals surface area contributed by atoms with E-state index < -0.39 is 4.87 Å². The standard InChI is InChI=1S/C16H12Cl3NO2/c1-8-3-4-13(22-2)10(5-8)16(19)14-11(18)6-9(17)7-12(14)20-15(16)21/h3-7H,1-2H3,(H,20,21). The van der Waals surface area contributed by atoms with Gasteiger partial charge in [0.25, 0.3) is 5.91 Å². The molecule has 2 aromatic rings. The number of halogens is 3. The van der Waals surface area contributed by atoms with Crippen LogP contribution in [0, 0.1) is 6.92 Å². The van der Waals surface area contributed by atoms with Gasteiger partial charge in [0.15, 0.2) is 4.87 Å². The summed E-state index contributed by atoms with van der Waals surface area (Å²) in [7, 11) is 1.53. The van der Waals surface area contributed by atoms with Crippen molar-refractivity contribution in [2.24, 2.45) is 0 Å². The molecule has 0 spiro atoms. The summed E-state index contributed by atoms with van der Waals surface area (Å²) in [6, 6.07) is 8.70. The van der Waals surface area contributed by atoms with Crippen LogP contribution in [0.3, 0.4) is 0 Å². The van der Waals surface area contributed by atoms with E-state index in [1.54, 1.807) is 18.2 Å². The molecule has 3 nitrogen and oxygen atoms in total. The first kappa shape index (κ1) is 15.5. The van der Waals surface area contributed by atoms with Crippen LogP contribution in [0.1, 0.15) is 16.7 Å². The highest BCUT2D eigenvalue weighted by Gasteiger charge is 2.50. The molecule has 114 valence electrons. The van der Waals surface area contributed by atoms with E-state index in [4.69, 9.17) is 39.5 Å². The van der Waals surface area contributed by atoms with Crippen molar-refractivity contribution in [2.75, 3.05) is 12.4 Å². The fourth-order valence-electron chi connectivity index (χ4n) is 2.69. The lowest BCUT2D eigenvalue weighted by Gasteiger charge is -2.24. The van der Waals surface area contributed by atoms with E-state index in [2.05, 4.69) is 5.32 Å². The molecule has 1 aliphatic heterocycles. The van der Waals surface area contributed by atoms with E-state index in [-0.39, 0.29) is 5.91 Å². The SMILES string of the molecule is COc1ccc(C)cc1C1(Cl)C(=O)Nc2cc(Cl)cc(Cl)c21. The monoisotopic (exact) mass is 355 g/mol. The normalized spacial score (nSPS) is 19.8. The lowest BCUT2D eigenvalue weighted by molar-refractivity contribution is -0.117. The van der Waals surface area contributed by atoms with Crippen LogP contribution < -0.4 is 10.1 Å². The maximum Gasteiger partial charge on any atom is 0.255 e. The maximum absolute atomic E-state index is 12.6. The molecule has 0 saturated heterocycles. The summed E-state index contributed by atoms with van der Waals surface area (Å²) in [5, 5.41) is 3.51.